The fourth-order valence-corrected chi connectivity index (χ4v) is 2.02. The van der Waals surface area contributed by atoms with Crippen molar-refractivity contribution in [2.75, 3.05) is 0 Å². The lowest BCUT2D eigenvalue weighted by Gasteiger charge is -2.08. The summed E-state index contributed by atoms with van der Waals surface area (Å²) in [6, 6.07) is 6.02. The highest BCUT2D eigenvalue weighted by Gasteiger charge is 2.11. The summed E-state index contributed by atoms with van der Waals surface area (Å²) in [6.07, 6.45) is 3.65. The highest BCUT2D eigenvalue weighted by Crippen LogP contribution is 2.17. The van der Waals surface area contributed by atoms with E-state index in [0.29, 0.717) is 5.88 Å². The molecule has 2 rings (SSSR count). The molecule has 0 N–H and O–H groups in total. The molecule has 0 amide bonds. The van der Waals surface area contributed by atoms with Crippen LogP contribution in [0.3, 0.4) is 0 Å². The predicted octanol–water partition coefficient (Wildman–Crippen LogP) is 3.13. The van der Waals surface area contributed by atoms with Crippen LogP contribution in [0, 0.1) is 0 Å². The molecule has 0 radical (unpaired) electrons. The Bertz CT molecular complexity index is 505. The maximum atomic E-state index is 5.94. The van der Waals surface area contributed by atoms with Gasteiger partial charge in [0, 0.05) is 17.5 Å². The van der Waals surface area contributed by atoms with Crippen LogP contribution in [-0.4, -0.2) is 14.8 Å². The first-order chi connectivity index (χ1) is 8.30. The summed E-state index contributed by atoms with van der Waals surface area (Å²) in [6.45, 7) is 4.23. The topological polar surface area (TPSA) is 30.7 Å². The van der Waals surface area contributed by atoms with Gasteiger partial charge in [-0.3, -0.25) is 0 Å². The average molecular weight is 250 g/mol. The second-order valence-electron chi connectivity index (χ2n) is 3.87. The molecule has 90 valence electrons. The lowest BCUT2D eigenvalue weighted by Crippen LogP contribution is -2.06. The van der Waals surface area contributed by atoms with Gasteiger partial charge in [0.05, 0.1) is 11.6 Å². The first-order valence-electron chi connectivity index (χ1n) is 5.88. The van der Waals surface area contributed by atoms with Crippen LogP contribution in [-0.2, 0) is 18.7 Å². The number of aryl methyl sites for hydroxylation is 2. The zero-order chi connectivity index (χ0) is 12.3. The number of rotatable bonds is 4. The van der Waals surface area contributed by atoms with Crippen molar-refractivity contribution in [3.63, 3.8) is 0 Å². The van der Waals surface area contributed by atoms with Crippen LogP contribution in [0.2, 0.25) is 0 Å². The maximum Gasteiger partial charge on any atom is 0.158 e. The van der Waals surface area contributed by atoms with E-state index in [1.54, 1.807) is 6.20 Å². The van der Waals surface area contributed by atoms with E-state index < -0.39 is 0 Å². The summed E-state index contributed by atoms with van der Waals surface area (Å²) in [4.78, 5) is 4.39. The van der Waals surface area contributed by atoms with Gasteiger partial charge in [0.25, 0.3) is 0 Å². The maximum absolute atomic E-state index is 5.94. The number of alkyl halides is 1. The van der Waals surface area contributed by atoms with Gasteiger partial charge in [0.2, 0.25) is 0 Å². The van der Waals surface area contributed by atoms with Crippen LogP contribution in [0.1, 0.15) is 30.8 Å². The van der Waals surface area contributed by atoms with E-state index >= 15 is 0 Å². The van der Waals surface area contributed by atoms with Crippen LogP contribution in [0.15, 0.2) is 24.4 Å². The van der Waals surface area contributed by atoms with Crippen LogP contribution in [0.5, 0.6) is 0 Å². The summed E-state index contributed by atoms with van der Waals surface area (Å²) in [5, 5.41) is 4.57. The Morgan fingerprint density at radius 3 is 2.76 bits per heavy atom. The highest BCUT2D eigenvalue weighted by molar-refractivity contribution is 6.17. The molecule has 0 atom stereocenters. The van der Waals surface area contributed by atoms with Crippen molar-refractivity contribution in [3.8, 4) is 5.82 Å². The van der Waals surface area contributed by atoms with Gasteiger partial charge in [-0.2, -0.15) is 5.10 Å². The molecule has 0 aromatic carbocycles. The minimum absolute atomic E-state index is 0.452. The first kappa shape index (κ1) is 12.1. The van der Waals surface area contributed by atoms with E-state index in [9.17, 15) is 0 Å². The molecule has 0 aliphatic heterocycles. The van der Waals surface area contributed by atoms with Crippen molar-refractivity contribution >= 4 is 11.6 Å². The number of pyridine rings is 1. The number of hydrogen-bond donors (Lipinski definition) is 0. The minimum Gasteiger partial charge on any atom is -0.237 e. The summed E-state index contributed by atoms with van der Waals surface area (Å²) in [7, 11) is 0. The van der Waals surface area contributed by atoms with Crippen LogP contribution < -0.4 is 0 Å². The molecule has 2 aromatic rings. The molecule has 17 heavy (non-hydrogen) atoms. The Kier molecular flexibility index (Phi) is 3.79. The largest absolute Gasteiger partial charge is 0.237 e. The third-order valence-corrected chi connectivity index (χ3v) is 3.06. The van der Waals surface area contributed by atoms with Crippen LogP contribution >= 0.6 is 11.6 Å². The number of nitrogens with zero attached hydrogens (tertiary/aromatic N) is 3. The molecule has 0 aliphatic rings. The van der Waals surface area contributed by atoms with Gasteiger partial charge in [0.1, 0.15) is 0 Å². The third-order valence-electron chi connectivity index (χ3n) is 2.77. The molecule has 3 nitrogen and oxygen atoms in total. The summed E-state index contributed by atoms with van der Waals surface area (Å²) in [5.74, 6) is 1.30. The number of hydrogen-bond acceptors (Lipinski definition) is 2. The molecule has 0 saturated carbocycles. The second kappa shape index (κ2) is 5.32. The number of halogens is 1. The number of aromatic nitrogens is 3. The van der Waals surface area contributed by atoms with Crippen molar-refractivity contribution < 1.29 is 0 Å². The van der Waals surface area contributed by atoms with Crippen molar-refractivity contribution in [1.82, 2.24) is 14.8 Å². The molecule has 2 heterocycles. The molecule has 0 saturated heterocycles. The van der Waals surface area contributed by atoms with E-state index in [0.717, 1.165) is 29.9 Å². The van der Waals surface area contributed by atoms with Gasteiger partial charge < -0.3 is 0 Å². The van der Waals surface area contributed by atoms with Crippen molar-refractivity contribution in [3.05, 3.63) is 41.3 Å². The van der Waals surface area contributed by atoms with Gasteiger partial charge in [-0.15, -0.1) is 11.6 Å². The van der Waals surface area contributed by atoms with Gasteiger partial charge in [-0.25, -0.2) is 9.67 Å². The molecule has 0 spiro atoms. The van der Waals surface area contributed by atoms with Crippen LogP contribution in [0.4, 0.5) is 0 Å². The Morgan fingerprint density at radius 2 is 2.12 bits per heavy atom. The Balaban J connectivity index is 2.54. The summed E-state index contributed by atoms with van der Waals surface area (Å²) < 4.78 is 1.91. The van der Waals surface area contributed by atoms with E-state index in [1.807, 2.05) is 16.8 Å². The monoisotopic (exact) mass is 249 g/mol. The lowest BCUT2D eigenvalue weighted by molar-refractivity contribution is 0.765. The molecular formula is C13H16ClN3. The van der Waals surface area contributed by atoms with Gasteiger partial charge in [-0.1, -0.05) is 19.9 Å². The smallest absolute Gasteiger partial charge is 0.158 e. The van der Waals surface area contributed by atoms with Crippen molar-refractivity contribution in [2.24, 2.45) is 0 Å². The molecule has 0 aliphatic carbocycles. The van der Waals surface area contributed by atoms with Gasteiger partial charge in [0.15, 0.2) is 5.82 Å². The van der Waals surface area contributed by atoms with Crippen molar-refractivity contribution in [1.29, 1.82) is 0 Å². The van der Waals surface area contributed by atoms with E-state index in [2.05, 4.69) is 30.0 Å². The Hall–Kier alpha value is -1.35. The summed E-state index contributed by atoms with van der Waals surface area (Å²) >= 11 is 5.94. The highest BCUT2D eigenvalue weighted by atomic mass is 35.5. The molecule has 0 fully saturated rings. The zero-order valence-corrected chi connectivity index (χ0v) is 10.9. The molecule has 0 bridgehead atoms. The lowest BCUT2D eigenvalue weighted by atomic mass is 10.2. The van der Waals surface area contributed by atoms with Crippen LogP contribution in [0.25, 0.3) is 5.82 Å². The second-order valence-corrected chi connectivity index (χ2v) is 4.13. The van der Waals surface area contributed by atoms with E-state index in [1.165, 1.54) is 5.69 Å². The van der Waals surface area contributed by atoms with Gasteiger partial charge in [-0.05, 0) is 25.0 Å². The molecule has 2 aromatic heterocycles. The molecule has 4 heteroatoms. The quantitative estimate of drug-likeness (QED) is 0.780. The SMILES string of the molecule is CCc1cc(CC)n(-c2ncccc2CCl)n1. The molecule has 0 unspecified atom stereocenters. The minimum atomic E-state index is 0.452. The third kappa shape index (κ3) is 2.34. The van der Waals surface area contributed by atoms with E-state index in [4.69, 9.17) is 11.6 Å². The van der Waals surface area contributed by atoms with Gasteiger partial charge >= 0.3 is 0 Å². The fourth-order valence-electron chi connectivity index (χ4n) is 1.81. The van der Waals surface area contributed by atoms with Crippen molar-refractivity contribution in [2.45, 2.75) is 32.6 Å². The standard InChI is InChI=1S/C13H16ClN3/c1-3-11-8-12(4-2)17(16-11)13-10(9-14)6-5-7-15-13/h5-8H,3-4,9H2,1-2H3. The average Bonchev–Trinajstić information content (AvgIpc) is 2.81. The molecular weight excluding hydrogens is 234 g/mol. The normalized spacial score (nSPS) is 10.8. The Labute approximate surface area is 106 Å². The predicted molar refractivity (Wildman–Crippen MR) is 69.7 cm³/mol. The zero-order valence-electron chi connectivity index (χ0n) is 10.2. The Morgan fingerprint density at radius 1 is 1.29 bits per heavy atom. The fraction of sp³-hybridized carbons (Fsp3) is 0.385. The first-order valence-corrected chi connectivity index (χ1v) is 6.41. The summed E-state index contributed by atoms with van der Waals surface area (Å²) in [5.41, 5.74) is 3.27. The van der Waals surface area contributed by atoms with E-state index in [-0.39, 0.29) is 0 Å².